The predicted octanol–water partition coefficient (Wildman–Crippen LogP) is 4.76. The topological polar surface area (TPSA) is 58.6 Å². The Morgan fingerprint density at radius 2 is 1.55 bits per heavy atom. The van der Waals surface area contributed by atoms with Crippen molar-refractivity contribution in [3.63, 3.8) is 0 Å². The number of anilines is 1. The highest BCUT2D eigenvalue weighted by Crippen LogP contribution is 2.22. The molecular formula is C25H27NO3. The molecule has 0 aliphatic carbocycles. The fourth-order valence-electron chi connectivity index (χ4n) is 3.15. The first kappa shape index (κ1) is 20.6. The van der Waals surface area contributed by atoms with Crippen LogP contribution in [0.25, 0.3) is 0 Å². The fraction of sp³-hybridized carbons (Fsp3) is 0.240. The number of nitrogens with one attached hydrogen (secondary N) is 1. The summed E-state index contributed by atoms with van der Waals surface area (Å²) in [5.74, 6) is 0.769. The van der Waals surface area contributed by atoms with Gasteiger partial charge >= 0.3 is 0 Å². The molecule has 0 aliphatic rings. The van der Waals surface area contributed by atoms with Gasteiger partial charge in [-0.25, -0.2) is 0 Å². The number of hydrogen-bond acceptors (Lipinski definition) is 3. The molecule has 0 bridgehead atoms. The summed E-state index contributed by atoms with van der Waals surface area (Å²) < 4.78 is 6.04. The quantitative estimate of drug-likeness (QED) is 0.525. The number of carbonyl (C=O) groups excluding carboxylic acids is 1. The highest BCUT2D eigenvalue weighted by Gasteiger charge is 2.05. The maximum atomic E-state index is 11.5. The molecule has 1 amide bonds. The largest absolute Gasteiger partial charge is 0.489 e. The van der Waals surface area contributed by atoms with E-state index in [0.29, 0.717) is 6.61 Å². The van der Waals surface area contributed by atoms with E-state index in [-0.39, 0.29) is 18.9 Å². The lowest BCUT2D eigenvalue weighted by molar-refractivity contribution is -0.116. The molecule has 29 heavy (non-hydrogen) atoms. The van der Waals surface area contributed by atoms with Gasteiger partial charge in [0.25, 0.3) is 0 Å². The lowest BCUT2D eigenvalue weighted by Crippen LogP contribution is -2.12. The smallest absolute Gasteiger partial charge is 0.226 e. The molecule has 150 valence electrons. The summed E-state index contributed by atoms with van der Waals surface area (Å²) >= 11 is 0. The molecule has 0 spiro atoms. The predicted molar refractivity (Wildman–Crippen MR) is 116 cm³/mol. The Morgan fingerprint density at radius 3 is 2.31 bits per heavy atom. The Kier molecular flexibility index (Phi) is 7.84. The molecule has 4 heteroatoms. The van der Waals surface area contributed by atoms with Crippen LogP contribution in [0.4, 0.5) is 5.69 Å². The zero-order valence-corrected chi connectivity index (χ0v) is 16.5. The van der Waals surface area contributed by atoms with Crippen LogP contribution in [0.5, 0.6) is 5.75 Å². The minimum atomic E-state index is -0.174. The number of aryl methyl sites for hydroxylation is 2. The third kappa shape index (κ3) is 6.77. The maximum absolute atomic E-state index is 11.5. The first-order chi connectivity index (χ1) is 14.2. The number of hydrogen-bond donors (Lipinski definition) is 2. The van der Waals surface area contributed by atoms with Crippen LogP contribution in [0.3, 0.4) is 0 Å². The summed E-state index contributed by atoms with van der Waals surface area (Å²) in [5, 5.41) is 11.6. The van der Waals surface area contributed by atoms with Crippen molar-refractivity contribution in [3.8, 4) is 5.75 Å². The molecule has 3 aromatic rings. The van der Waals surface area contributed by atoms with E-state index in [1.807, 2.05) is 54.6 Å². The van der Waals surface area contributed by atoms with Gasteiger partial charge in [-0.1, -0.05) is 60.7 Å². The highest BCUT2D eigenvalue weighted by molar-refractivity contribution is 5.90. The standard InChI is InChI=1S/C25H27NO3/c27-18-17-25(28)26-23-15-13-20(14-16-23)9-6-11-22-10-4-5-12-24(22)29-19-21-7-2-1-3-8-21/h1-5,7-8,10,12-16,27H,6,9,11,17-19H2,(H,26,28). The molecule has 0 unspecified atom stereocenters. The van der Waals surface area contributed by atoms with Crippen molar-refractivity contribution in [2.75, 3.05) is 11.9 Å². The molecule has 4 nitrogen and oxygen atoms in total. The first-order valence-electron chi connectivity index (χ1n) is 9.99. The fourth-order valence-corrected chi connectivity index (χ4v) is 3.15. The second-order valence-corrected chi connectivity index (χ2v) is 6.95. The van der Waals surface area contributed by atoms with Crippen LogP contribution in [0.1, 0.15) is 29.5 Å². The lowest BCUT2D eigenvalue weighted by atomic mass is 10.0. The number of aliphatic hydroxyl groups is 1. The van der Waals surface area contributed by atoms with E-state index in [1.54, 1.807) is 0 Å². The number of para-hydroxylation sites is 1. The number of ether oxygens (including phenoxy) is 1. The minimum absolute atomic E-state index is 0.119. The van der Waals surface area contributed by atoms with Gasteiger partial charge in [-0.15, -0.1) is 0 Å². The van der Waals surface area contributed by atoms with Crippen molar-refractivity contribution >= 4 is 11.6 Å². The van der Waals surface area contributed by atoms with E-state index < -0.39 is 0 Å². The van der Waals surface area contributed by atoms with Crippen LogP contribution >= 0.6 is 0 Å². The summed E-state index contributed by atoms with van der Waals surface area (Å²) in [6.45, 7) is 0.432. The molecule has 0 heterocycles. The van der Waals surface area contributed by atoms with Crippen LogP contribution in [0.15, 0.2) is 78.9 Å². The van der Waals surface area contributed by atoms with Gasteiger partial charge in [-0.05, 0) is 54.2 Å². The van der Waals surface area contributed by atoms with Gasteiger partial charge in [-0.2, -0.15) is 0 Å². The molecule has 0 saturated carbocycles. The Morgan fingerprint density at radius 1 is 0.828 bits per heavy atom. The van der Waals surface area contributed by atoms with Gasteiger partial charge in [0.05, 0.1) is 13.0 Å². The van der Waals surface area contributed by atoms with Crippen molar-refractivity contribution in [2.45, 2.75) is 32.3 Å². The van der Waals surface area contributed by atoms with E-state index in [2.05, 4.69) is 29.6 Å². The van der Waals surface area contributed by atoms with Crippen LogP contribution in [0.2, 0.25) is 0 Å². The molecule has 3 rings (SSSR count). The molecule has 0 fully saturated rings. The summed E-state index contributed by atoms with van der Waals surface area (Å²) in [5.41, 5.74) is 4.37. The molecule has 0 aromatic heterocycles. The maximum Gasteiger partial charge on any atom is 0.226 e. The van der Waals surface area contributed by atoms with Crippen molar-refractivity contribution < 1.29 is 14.6 Å². The van der Waals surface area contributed by atoms with Gasteiger partial charge in [0.2, 0.25) is 5.91 Å². The van der Waals surface area contributed by atoms with E-state index >= 15 is 0 Å². The van der Waals surface area contributed by atoms with Crippen LogP contribution in [-0.4, -0.2) is 17.6 Å². The van der Waals surface area contributed by atoms with Crippen LogP contribution in [-0.2, 0) is 24.2 Å². The number of carbonyl (C=O) groups is 1. The Labute approximate surface area is 172 Å². The Balaban J connectivity index is 1.49. The molecule has 3 aromatic carbocycles. The van der Waals surface area contributed by atoms with E-state index in [1.165, 1.54) is 11.1 Å². The summed E-state index contributed by atoms with van der Waals surface area (Å²) in [6, 6.07) is 26.3. The normalized spacial score (nSPS) is 10.5. The van der Waals surface area contributed by atoms with Gasteiger partial charge in [-0.3, -0.25) is 4.79 Å². The van der Waals surface area contributed by atoms with Gasteiger partial charge in [0, 0.05) is 5.69 Å². The van der Waals surface area contributed by atoms with Crippen molar-refractivity contribution in [1.29, 1.82) is 0 Å². The third-order valence-corrected chi connectivity index (χ3v) is 4.70. The first-order valence-corrected chi connectivity index (χ1v) is 9.99. The van der Waals surface area contributed by atoms with Crippen molar-refractivity contribution in [2.24, 2.45) is 0 Å². The van der Waals surface area contributed by atoms with Crippen molar-refractivity contribution in [1.82, 2.24) is 0 Å². The molecule has 2 N–H and O–H groups in total. The number of rotatable bonds is 10. The van der Waals surface area contributed by atoms with Gasteiger partial charge in [0.1, 0.15) is 12.4 Å². The molecule has 0 saturated heterocycles. The Hall–Kier alpha value is -3.11. The highest BCUT2D eigenvalue weighted by atomic mass is 16.5. The Bertz CT molecular complexity index is 891. The molecule has 0 atom stereocenters. The summed E-state index contributed by atoms with van der Waals surface area (Å²) in [4.78, 5) is 11.5. The van der Waals surface area contributed by atoms with Gasteiger partial charge in [0.15, 0.2) is 0 Å². The molecule has 0 radical (unpaired) electrons. The number of amides is 1. The van der Waals surface area contributed by atoms with Crippen molar-refractivity contribution in [3.05, 3.63) is 95.6 Å². The third-order valence-electron chi connectivity index (χ3n) is 4.70. The lowest BCUT2D eigenvalue weighted by Gasteiger charge is -2.12. The SMILES string of the molecule is O=C(CCO)Nc1ccc(CCCc2ccccc2OCc2ccccc2)cc1. The van der Waals surface area contributed by atoms with E-state index in [9.17, 15) is 4.79 Å². The second-order valence-electron chi connectivity index (χ2n) is 6.95. The summed E-state index contributed by atoms with van der Waals surface area (Å²) in [6.07, 6.45) is 3.03. The number of benzene rings is 3. The zero-order valence-electron chi connectivity index (χ0n) is 16.5. The average molecular weight is 389 g/mol. The zero-order chi connectivity index (χ0) is 20.3. The van der Waals surface area contributed by atoms with E-state index in [0.717, 1.165) is 36.3 Å². The average Bonchev–Trinajstić information content (AvgIpc) is 2.75. The van der Waals surface area contributed by atoms with E-state index in [4.69, 9.17) is 9.84 Å². The summed E-state index contributed by atoms with van der Waals surface area (Å²) in [7, 11) is 0. The number of aliphatic hydroxyl groups excluding tert-OH is 1. The van der Waals surface area contributed by atoms with Crippen LogP contribution < -0.4 is 10.1 Å². The molecular weight excluding hydrogens is 362 g/mol. The van der Waals surface area contributed by atoms with Gasteiger partial charge < -0.3 is 15.2 Å². The minimum Gasteiger partial charge on any atom is -0.489 e. The monoisotopic (exact) mass is 389 g/mol. The van der Waals surface area contributed by atoms with Crippen LogP contribution in [0, 0.1) is 0 Å². The second kappa shape index (κ2) is 11.0. The molecule has 0 aliphatic heterocycles.